The number of hydrogen-bond acceptors (Lipinski definition) is 2. The predicted molar refractivity (Wildman–Crippen MR) is 89.3 cm³/mol. The van der Waals surface area contributed by atoms with Crippen molar-refractivity contribution in [2.75, 3.05) is 6.54 Å². The van der Waals surface area contributed by atoms with Crippen molar-refractivity contribution in [2.24, 2.45) is 0 Å². The minimum atomic E-state index is 0.408. The maximum Gasteiger partial charge on any atom is 0.0705 e. The molecule has 2 heteroatoms. The molecular weight excluding hydrogens is 256 g/mol. The molecule has 0 fully saturated rings. The molecule has 3 rings (SSSR count). The monoisotopic (exact) mass is 280 g/mol. The van der Waals surface area contributed by atoms with Gasteiger partial charge in [0.2, 0.25) is 0 Å². The lowest BCUT2D eigenvalue weighted by Gasteiger charge is -2.22. The van der Waals surface area contributed by atoms with Crippen molar-refractivity contribution in [2.45, 2.75) is 45.1 Å². The van der Waals surface area contributed by atoms with Crippen LogP contribution in [0.5, 0.6) is 0 Å². The predicted octanol–water partition coefficient (Wildman–Crippen LogP) is 4.78. The average Bonchev–Trinajstić information content (AvgIpc) is 2.55. The number of nitrogens with one attached hydrogen (secondary N) is 1. The Balaban J connectivity index is 1.85. The first kappa shape index (κ1) is 14.3. The SMILES string of the molecule is CCNC(CC1=CCCCC1)c1ccc2cccnc2c1. The lowest BCUT2D eigenvalue weighted by Crippen LogP contribution is -2.21. The average molecular weight is 280 g/mol. The summed E-state index contributed by atoms with van der Waals surface area (Å²) in [5, 5.41) is 4.86. The van der Waals surface area contributed by atoms with Crippen molar-refractivity contribution >= 4 is 10.9 Å². The lowest BCUT2D eigenvalue weighted by molar-refractivity contribution is 0.528. The Hall–Kier alpha value is -1.67. The van der Waals surface area contributed by atoms with Gasteiger partial charge in [0.1, 0.15) is 0 Å². The minimum Gasteiger partial charge on any atom is -0.310 e. The third kappa shape index (κ3) is 3.51. The van der Waals surface area contributed by atoms with Gasteiger partial charge in [0.25, 0.3) is 0 Å². The zero-order valence-corrected chi connectivity index (χ0v) is 12.8. The summed E-state index contributed by atoms with van der Waals surface area (Å²) in [4.78, 5) is 4.49. The summed E-state index contributed by atoms with van der Waals surface area (Å²) in [5.74, 6) is 0. The topological polar surface area (TPSA) is 24.9 Å². The third-order valence-electron chi connectivity index (χ3n) is 4.33. The molecule has 0 radical (unpaired) electrons. The summed E-state index contributed by atoms with van der Waals surface area (Å²) >= 11 is 0. The Bertz CT molecular complexity index is 630. The van der Waals surface area contributed by atoms with E-state index >= 15 is 0 Å². The van der Waals surface area contributed by atoms with Crippen molar-refractivity contribution < 1.29 is 0 Å². The molecule has 21 heavy (non-hydrogen) atoms. The molecule has 0 spiro atoms. The second-order valence-electron chi connectivity index (χ2n) is 5.88. The van der Waals surface area contributed by atoms with E-state index in [4.69, 9.17) is 0 Å². The first-order valence-electron chi connectivity index (χ1n) is 8.13. The molecule has 0 bridgehead atoms. The molecule has 1 N–H and O–H groups in total. The van der Waals surface area contributed by atoms with Crippen LogP contribution < -0.4 is 5.32 Å². The number of pyridine rings is 1. The van der Waals surface area contributed by atoms with Crippen LogP contribution in [0.4, 0.5) is 0 Å². The van der Waals surface area contributed by atoms with Gasteiger partial charge in [0.15, 0.2) is 0 Å². The van der Waals surface area contributed by atoms with E-state index in [0.717, 1.165) is 18.5 Å². The van der Waals surface area contributed by atoms with Gasteiger partial charge in [0, 0.05) is 17.6 Å². The molecule has 0 amide bonds. The first-order valence-corrected chi connectivity index (χ1v) is 8.13. The fraction of sp³-hybridized carbons (Fsp3) is 0.421. The van der Waals surface area contributed by atoms with Crippen molar-refractivity contribution in [3.8, 4) is 0 Å². The smallest absolute Gasteiger partial charge is 0.0705 e. The highest BCUT2D eigenvalue weighted by Crippen LogP contribution is 2.28. The van der Waals surface area contributed by atoms with Gasteiger partial charge in [0.05, 0.1) is 5.52 Å². The molecule has 1 aromatic carbocycles. The van der Waals surface area contributed by atoms with E-state index < -0.39 is 0 Å². The summed E-state index contributed by atoms with van der Waals surface area (Å²) in [6.45, 7) is 3.18. The largest absolute Gasteiger partial charge is 0.310 e. The Morgan fingerprint density at radius 2 is 2.19 bits per heavy atom. The van der Waals surface area contributed by atoms with Crippen LogP contribution in [-0.2, 0) is 0 Å². The van der Waals surface area contributed by atoms with E-state index in [-0.39, 0.29) is 0 Å². The number of hydrogen-bond donors (Lipinski definition) is 1. The molecule has 0 saturated heterocycles. The highest BCUT2D eigenvalue weighted by molar-refractivity contribution is 5.79. The maximum absolute atomic E-state index is 4.49. The van der Waals surface area contributed by atoms with Gasteiger partial charge in [-0.3, -0.25) is 4.98 Å². The number of allylic oxidation sites excluding steroid dienone is 1. The van der Waals surface area contributed by atoms with Crippen LogP contribution in [-0.4, -0.2) is 11.5 Å². The molecule has 0 saturated carbocycles. The second-order valence-corrected chi connectivity index (χ2v) is 5.88. The van der Waals surface area contributed by atoms with E-state index in [9.17, 15) is 0 Å². The minimum absolute atomic E-state index is 0.408. The molecule has 2 aromatic rings. The maximum atomic E-state index is 4.49. The van der Waals surface area contributed by atoms with E-state index in [2.05, 4.69) is 47.6 Å². The molecule has 1 aliphatic rings. The molecule has 1 heterocycles. The molecule has 1 aromatic heterocycles. The Morgan fingerprint density at radius 1 is 1.24 bits per heavy atom. The standard InChI is InChI=1S/C19H24N2/c1-2-20-18(13-15-7-4-3-5-8-15)17-11-10-16-9-6-12-21-19(16)14-17/h6-7,9-12,14,18,20H,2-5,8,13H2,1H3. The van der Waals surface area contributed by atoms with Crippen LogP contribution in [0.1, 0.15) is 50.6 Å². The number of aromatic nitrogens is 1. The van der Waals surface area contributed by atoms with E-state index in [0.29, 0.717) is 6.04 Å². The zero-order valence-electron chi connectivity index (χ0n) is 12.8. The summed E-state index contributed by atoms with van der Waals surface area (Å²) in [7, 11) is 0. The number of benzene rings is 1. The second kappa shape index (κ2) is 6.86. The van der Waals surface area contributed by atoms with Crippen molar-refractivity contribution in [1.82, 2.24) is 10.3 Å². The first-order chi connectivity index (χ1) is 10.4. The van der Waals surface area contributed by atoms with E-state index in [1.807, 2.05) is 12.3 Å². The summed E-state index contributed by atoms with van der Waals surface area (Å²) in [6, 6.07) is 11.2. The van der Waals surface area contributed by atoms with Crippen molar-refractivity contribution in [1.29, 1.82) is 0 Å². The lowest BCUT2D eigenvalue weighted by atomic mass is 9.91. The van der Waals surface area contributed by atoms with Crippen molar-refractivity contribution in [3.63, 3.8) is 0 Å². The summed E-state index contributed by atoms with van der Waals surface area (Å²) in [5.41, 5.74) is 4.07. The van der Waals surface area contributed by atoms with Gasteiger partial charge in [-0.1, -0.05) is 36.8 Å². The third-order valence-corrected chi connectivity index (χ3v) is 4.33. The van der Waals surface area contributed by atoms with Gasteiger partial charge in [-0.05, 0) is 56.3 Å². The Kier molecular flexibility index (Phi) is 4.66. The number of fused-ring (bicyclic) bond motifs is 1. The molecule has 0 aliphatic heterocycles. The van der Waals surface area contributed by atoms with E-state index in [1.165, 1.54) is 36.6 Å². The number of rotatable bonds is 5. The molecule has 1 unspecified atom stereocenters. The summed E-state index contributed by atoms with van der Waals surface area (Å²) < 4.78 is 0. The summed E-state index contributed by atoms with van der Waals surface area (Å²) in [6.07, 6.45) is 10.7. The van der Waals surface area contributed by atoms with Gasteiger partial charge in [-0.2, -0.15) is 0 Å². The van der Waals surface area contributed by atoms with Gasteiger partial charge < -0.3 is 5.32 Å². The van der Waals surface area contributed by atoms with E-state index in [1.54, 1.807) is 5.57 Å². The Morgan fingerprint density at radius 3 is 3.00 bits per heavy atom. The van der Waals surface area contributed by atoms with Crippen LogP contribution in [0, 0.1) is 0 Å². The Labute approximate surface area is 127 Å². The molecular formula is C19H24N2. The number of nitrogens with zero attached hydrogens (tertiary/aromatic N) is 1. The zero-order chi connectivity index (χ0) is 14.5. The quantitative estimate of drug-likeness (QED) is 0.798. The van der Waals surface area contributed by atoms with Crippen molar-refractivity contribution in [3.05, 3.63) is 53.7 Å². The molecule has 1 aliphatic carbocycles. The highest BCUT2D eigenvalue weighted by atomic mass is 14.9. The highest BCUT2D eigenvalue weighted by Gasteiger charge is 2.14. The van der Waals surface area contributed by atoms with Gasteiger partial charge in [-0.15, -0.1) is 0 Å². The molecule has 110 valence electrons. The molecule has 2 nitrogen and oxygen atoms in total. The van der Waals surface area contributed by atoms with Crippen LogP contribution in [0.3, 0.4) is 0 Å². The van der Waals surface area contributed by atoms with Crippen LogP contribution >= 0.6 is 0 Å². The molecule has 1 atom stereocenters. The van der Waals surface area contributed by atoms with Crippen LogP contribution in [0.25, 0.3) is 10.9 Å². The fourth-order valence-corrected chi connectivity index (χ4v) is 3.21. The fourth-order valence-electron chi connectivity index (χ4n) is 3.21. The normalized spacial score (nSPS) is 16.7. The van der Waals surface area contributed by atoms with Crippen LogP contribution in [0.15, 0.2) is 48.2 Å². The van der Waals surface area contributed by atoms with Crippen LogP contribution in [0.2, 0.25) is 0 Å². The van der Waals surface area contributed by atoms with Gasteiger partial charge >= 0.3 is 0 Å². The van der Waals surface area contributed by atoms with Gasteiger partial charge in [-0.25, -0.2) is 0 Å².